The lowest BCUT2D eigenvalue weighted by Gasteiger charge is -2.12. The van der Waals surface area contributed by atoms with E-state index >= 15 is 0 Å². The van der Waals surface area contributed by atoms with E-state index in [-0.39, 0.29) is 24.5 Å². The van der Waals surface area contributed by atoms with Crippen molar-refractivity contribution in [2.24, 2.45) is 5.92 Å². The molecule has 0 unspecified atom stereocenters. The van der Waals surface area contributed by atoms with Gasteiger partial charge in [-0.2, -0.15) is 0 Å². The molecule has 170 valence electrons. The molecule has 2 amide bonds. The summed E-state index contributed by atoms with van der Waals surface area (Å²) in [5.41, 5.74) is 0.481. The fourth-order valence-electron chi connectivity index (χ4n) is 2.59. The molecule has 9 heteroatoms. The molecule has 32 heavy (non-hydrogen) atoms. The van der Waals surface area contributed by atoms with Crippen molar-refractivity contribution in [2.75, 3.05) is 19.8 Å². The number of nitrogens with zero attached hydrogens (tertiary/aromatic N) is 1. The zero-order valence-corrected chi connectivity index (χ0v) is 18.0. The third-order valence-corrected chi connectivity index (χ3v) is 4.21. The summed E-state index contributed by atoms with van der Waals surface area (Å²) < 4.78 is 5.60. The topological polar surface area (TPSA) is 131 Å². The molecule has 0 atom stereocenters. The van der Waals surface area contributed by atoms with E-state index in [9.17, 15) is 19.7 Å². The van der Waals surface area contributed by atoms with E-state index in [1.54, 1.807) is 30.3 Å². The van der Waals surface area contributed by atoms with Crippen LogP contribution in [0.4, 0.5) is 5.69 Å². The predicted octanol–water partition coefficient (Wildman–Crippen LogP) is 2.90. The number of hydrogen-bond acceptors (Lipinski definition) is 6. The molecular weight excluding hydrogens is 414 g/mol. The standard InChI is InChI=1S/C23H27N3O6/c1-16(2)15-32-20-9-7-18(8-10-20)22(28)25-21(23(29)24-11-4-12-27)14-17-5-3-6-19(13-17)26(30)31/h3,5-10,13-14,16,27H,4,11-12,15H2,1-2H3,(H,24,29)(H,25,28). The van der Waals surface area contributed by atoms with E-state index in [0.717, 1.165) is 0 Å². The summed E-state index contributed by atoms with van der Waals surface area (Å²) in [5, 5.41) is 25.1. The summed E-state index contributed by atoms with van der Waals surface area (Å²) in [6.45, 7) is 4.72. The van der Waals surface area contributed by atoms with Crippen molar-refractivity contribution >= 4 is 23.6 Å². The van der Waals surface area contributed by atoms with Gasteiger partial charge in [-0.3, -0.25) is 19.7 Å². The van der Waals surface area contributed by atoms with Gasteiger partial charge in [0.2, 0.25) is 0 Å². The quantitative estimate of drug-likeness (QED) is 0.213. The molecule has 2 rings (SSSR count). The van der Waals surface area contributed by atoms with Crippen LogP contribution in [-0.4, -0.2) is 41.6 Å². The van der Waals surface area contributed by atoms with Crippen molar-refractivity contribution in [1.82, 2.24) is 10.6 Å². The second-order valence-electron chi connectivity index (χ2n) is 7.43. The van der Waals surface area contributed by atoms with E-state index < -0.39 is 16.7 Å². The maximum Gasteiger partial charge on any atom is 0.270 e. The second kappa shape index (κ2) is 12.2. The van der Waals surface area contributed by atoms with Crippen molar-refractivity contribution in [1.29, 1.82) is 0 Å². The van der Waals surface area contributed by atoms with Crippen molar-refractivity contribution in [2.45, 2.75) is 20.3 Å². The average molecular weight is 441 g/mol. The molecule has 0 aliphatic rings. The van der Waals surface area contributed by atoms with Crippen molar-refractivity contribution in [3.05, 3.63) is 75.5 Å². The Kier molecular flexibility index (Phi) is 9.37. The summed E-state index contributed by atoms with van der Waals surface area (Å²) in [5.74, 6) is -0.0993. The minimum Gasteiger partial charge on any atom is -0.493 e. The zero-order valence-electron chi connectivity index (χ0n) is 18.0. The normalized spacial score (nSPS) is 11.2. The number of carbonyl (C=O) groups is 2. The Hall–Kier alpha value is -3.72. The number of aliphatic hydroxyl groups is 1. The van der Waals surface area contributed by atoms with E-state index in [4.69, 9.17) is 9.84 Å². The number of nitrogens with one attached hydrogen (secondary N) is 2. The van der Waals surface area contributed by atoms with Gasteiger partial charge in [0.1, 0.15) is 11.4 Å². The Labute approximate surface area is 186 Å². The van der Waals surface area contributed by atoms with Gasteiger partial charge in [-0.1, -0.05) is 26.0 Å². The van der Waals surface area contributed by atoms with Crippen LogP contribution < -0.4 is 15.4 Å². The van der Waals surface area contributed by atoms with E-state index in [1.165, 1.54) is 24.3 Å². The lowest BCUT2D eigenvalue weighted by Crippen LogP contribution is -2.35. The molecule has 3 N–H and O–H groups in total. The molecule has 0 aromatic heterocycles. The van der Waals surface area contributed by atoms with E-state index in [1.807, 2.05) is 13.8 Å². The first kappa shape index (κ1) is 24.5. The fourth-order valence-corrected chi connectivity index (χ4v) is 2.59. The molecule has 2 aromatic carbocycles. The van der Waals surface area contributed by atoms with Crippen LogP contribution >= 0.6 is 0 Å². The Morgan fingerprint density at radius 2 is 1.91 bits per heavy atom. The molecule has 9 nitrogen and oxygen atoms in total. The highest BCUT2D eigenvalue weighted by atomic mass is 16.6. The van der Waals surface area contributed by atoms with Gasteiger partial charge in [0.15, 0.2) is 0 Å². The number of rotatable bonds is 11. The Morgan fingerprint density at radius 3 is 2.53 bits per heavy atom. The number of nitro groups is 1. The number of hydrogen-bond donors (Lipinski definition) is 3. The van der Waals surface area contributed by atoms with Gasteiger partial charge in [0.05, 0.1) is 11.5 Å². The summed E-state index contributed by atoms with van der Waals surface area (Å²) in [4.78, 5) is 35.8. The smallest absolute Gasteiger partial charge is 0.270 e. The van der Waals surface area contributed by atoms with Crippen LogP contribution in [0.3, 0.4) is 0 Å². The number of nitro benzene ring substituents is 1. The van der Waals surface area contributed by atoms with Gasteiger partial charge in [0.25, 0.3) is 17.5 Å². The minimum absolute atomic E-state index is 0.0754. The Balaban J connectivity index is 2.22. The first-order chi connectivity index (χ1) is 15.3. The summed E-state index contributed by atoms with van der Waals surface area (Å²) in [6, 6.07) is 12.2. The molecule has 0 aliphatic carbocycles. The van der Waals surface area contributed by atoms with Crippen molar-refractivity contribution < 1.29 is 24.4 Å². The van der Waals surface area contributed by atoms with Gasteiger partial charge >= 0.3 is 0 Å². The molecule has 0 aliphatic heterocycles. The number of non-ortho nitro benzene ring substituents is 1. The molecule has 2 aromatic rings. The van der Waals surface area contributed by atoms with Gasteiger partial charge in [-0.25, -0.2) is 0 Å². The van der Waals surface area contributed by atoms with Crippen molar-refractivity contribution in [3.63, 3.8) is 0 Å². The van der Waals surface area contributed by atoms with Crippen LogP contribution in [0.15, 0.2) is 54.2 Å². The van der Waals surface area contributed by atoms with Crippen LogP contribution in [0.5, 0.6) is 5.75 Å². The molecule has 0 bridgehead atoms. The Bertz CT molecular complexity index is 970. The number of aliphatic hydroxyl groups excluding tert-OH is 1. The van der Waals surface area contributed by atoms with Gasteiger partial charge in [-0.15, -0.1) is 0 Å². The zero-order chi connectivity index (χ0) is 23.5. The van der Waals surface area contributed by atoms with E-state index in [2.05, 4.69) is 10.6 Å². The van der Waals surface area contributed by atoms with Crippen LogP contribution in [0.2, 0.25) is 0 Å². The number of amides is 2. The fraction of sp³-hybridized carbons (Fsp3) is 0.304. The van der Waals surface area contributed by atoms with Crippen LogP contribution in [-0.2, 0) is 4.79 Å². The second-order valence-corrected chi connectivity index (χ2v) is 7.43. The maximum atomic E-state index is 12.7. The largest absolute Gasteiger partial charge is 0.493 e. The maximum absolute atomic E-state index is 12.7. The summed E-state index contributed by atoms with van der Waals surface area (Å²) in [7, 11) is 0. The Morgan fingerprint density at radius 1 is 1.19 bits per heavy atom. The summed E-state index contributed by atoms with van der Waals surface area (Å²) in [6.07, 6.45) is 1.71. The number of ether oxygens (including phenoxy) is 1. The first-order valence-electron chi connectivity index (χ1n) is 10.2. The lowest BCUT2D eigenvalue weighted by atomic mass is 10.1. The summed E-state index contributed by atoms with van der Waals surface area (Å²) >= 11 is 0. The third kappa shape index (κ3) is 7.84. The average Bonchev–Trinajstić information content (AvgIpc) is 2.77. The van der Waals surface area contributed by atoms with Gasteiger partial charge in [-0.05, 0) is 48.2 Å². The molecule has 0 radical (unpaired) electrons. The highest BCUT2D eigenvalue weighted by Gasteiger charge is 2.15. The van der Waals surface area contributed by atoms with Crippen LogP contribution in [0.25, 0.3) is 6.08 Å². The molecule has 0 fully saturated rings. The number of benzene rings is 2. The molecule has 0 spiro atoms. The predicted molar refractivity (Wildman–Crippen MR) is 120 cm³/mol. The highest BCUT2D eigenvalue weighted by molar-refractivity contribution is 6.05. The third-order valence-electron chi connectivity index (χ3n) is 4.21. The highest BCUT2D eigenvalue weighted by Crippen LogP contribution is 2.17. The first-order valence-corrected chi connectivity index (χ1v) is 10.2. The van der Waals surface area contributed by atoms with Crippen LogP contribution in [0, 0.1) is 16.0 Å². The molecule has 0 heterocycles. The molecule has 0 saturated heterocycles. The van der Waals surface area contributed by atoms with Crippen LogP contribution in [0.1, 0.15) is 36.2 Å². The van der Waals surface area contributed by atoms with E-state index in [0.29, 0.717) is 35.8 Å². The molecular formula is C23H27N3O6. The SMILES string of the molecule is CC(C)COc1ccc(C(=O)NC(=Cc2cccc([N+](=O)[O-])c2)C(=O)NCCCO)cc1. The van der Waals surface area contributed by atoms with Gasteiger partial charge < -0.3 is 20.5 Å². The monoisotopic (exact) mass is 441 g/mol. The molecule has 0 saturated carbocycles. The lowest BCUT2D eigenvalue weighted by molar-refractivity contribution is -0.384. The van der Waals surface area contributed by atoms with Gasteiger partial charge in [0, 0.05) is 30.8 Å². The number of carbonyl (C=O) groups excluding carboxylic acids is 2. The minimum atomic E-state index is -0.574. The van der Waals surface area contributed by atoms with Crippen molar-refractivity contribution in [3.8, 4) is 5.75 Å².